The number of aliphatic hydroxyl groups is 1. The lowest BCUT2D eigenvalue weighted by atomic mass is 10.0. The summed E-state index contributed by atoms with van der Waals surface area (Å²) in [5.41, 5.74) is 0. The van der Waals surface area contributed by atoms with E-state index in [1.165, 1.54) is 0 Å². The Kier molecular flexibility index (Phi) is 4.82. The molecule has 0 spiro atoms. The van der Waals surface area contributed by atoms with E-state index in [9.17, 15) is 19.8 Å². The number of carboxylic acids is 1. The molecule has 2 fully saturated rings. The number of carboxylic acid groups (broad SMARTS) is 1. The molecule has 3 atom stereocenters. The molecule has 2 N–H and O–H groups in total. The highest BCUT2D eigenvalue weighted by atomic mass is 16.5. The van der Waals surface area contributed by atoms with Gasteiger partial charge in [-0.2, -0.15) is 0 Å². The predicted molar refractivity (Wildman–Crippen MR) is 70.3 cm³/mol. The van der Waals surface area contributed by atoms with Gasteiger partial charge < -0.3 is 24.7 Å². The SMILES string of the molecule is CCN(C(=O)N1CCCC1CO)C1COCC1C(=O)O. The lowest BCUT2D eigenvalue weighted by molar-refractivity contribution is -0.142. The molecular weight excluding hydrogens is 264 g/mol. The molecule has 7 nitrogen and oxygen atoms in total. The fraction of sp³-hybridized carbons (Fsp3) is 0.846. The summed E-state index contributed by atoms with van der Waals surface area (Å²) < 4.78 is 5.24. The van der Waals surface area contributed by atoms with E-state index in [4.69, 9.17) is 4.74 Å². The monoisotopic (exact) mass is 286 g/mol. The molecule has 0 aliphatic carbocycles. The number of ether oxygens (including phenoxy) is 1. The highest BCUT2D eigenvalue weighted by Gasteiger charge is 2.42. The zero-order valence-corrected chi connectivity index (χ0v) is 11.7. The van der Waals surface area contributed by atoms with Gasteiger partial charge >= 0.3 is 12.0 Å². The van der Waals surface area contributed by atoms with Crippen molar-refractivity contribution >= 4 is 12.0 Å². The van der Waals surface area contributed by atoms with Gasteiger partial charge in [-0.25, -0.2) is 4.79 Å². The van der Waals surface area contributed by atoms with Gasteiger partial charge in [0.2, 0.25) is 0 Å². The summed E-state index contributed by atoms with van der Waals surface area (Å²) in [5.74, 6) is -1.60. The highest BCUT2D eigenvalue weighted by molar-refractivity contribution is 5.78. The Morgan fingerprint density at radius 2 is 2.15 bits per heavy atom. The minimum atomic E-state index is -0.932. The van der Waals surface area contributed by atoms with E-state index >= 15 is 0 Å². The zero-order valence-electron chi connectivity index (χ0n) is 11.7. The van der Waals surface area contributed by atoms with Crippen LogP contribution < -0.4 is 0 Å². The number of aliphatic hydroxyl groups excluding tert-OH is 1. The Morgan fingerprint density at radius 3 is 2.75 bits per heavy atom. The zero-order chi connectivity index (χ0) is 14.7. The van der Waals surface area contributed by atoms with Crippen LogP contribution in [0.2, 0.25) is 0 Å². The molecule has 20 heavy (non-hydrogen) atoms. The van der Waals surface area contributed by atoms with Gasteiger partial charge in [-0.1, -0.05) is 0 Å². The fourth-order valence-electron chi connectivity index (χ4n) is 3.04. The minimum Gasteiger partial charge on any atom is -0.481 e. The Labute approximate surface area is 118 Å². The average molecular weight is 286 g/mol. The van der Waals surface area contributed by atoms with Crippen molar-refractivity contribution < 1.29 is 24.5 Å². The number of urea groups is 1. The third-order valence-corrected chi connectivity index (χ3v) is 4.19. The number of likely N-dealkylation sites (tertiary alicyclic amines) is 1. The molecule has 7 heteroatoms. The maximum atomic E-state index is 12.6. The van der Waals surface area contributed by atoms with Crippen LogP contribution in [-0.2, 0) is 9.53 Å². The van der Waals surface area contributed by atoms with Crippen LogP contribution in [0.3, 0.4) is 0 Å². The summed E-state index contributed by atoms with van der Waals surface area (Å²) in [7, 11) is 0. The standard InChI is InChI=1S/C13H22N2O5/c1-2-14(11-8-20-7-10(11)12(17)18)13(19)15-5-3-4-9(15)6-16/h9-11,16H,2-8H2,1H3,(H,17,18). The van der Waals surface area contributed by atoms with Gasteiger partial charge in [0, 0.05) is 13.1 Å². The molecule has 0 bridgehead atoms. The van der Waals surface area contributed by atoms with Crippen molar-refractivity contribution in [2.24, 2.45) is 5.92 Å². The largest absolute Gasteiger partial charge is 0.481 e. The minimum absolute atomic E-state index is 0.0488. The normalized spacial score (nSPS) is 29.7. The number of carbonyl (C=O) groups is 2. The Bertz CT molecular complexity index is 376. The first-order valence-electron chi connectivity index (χ1n) is 7.08. The molecule has 2 amide bonds. The number of hydrogen-bond acceptors (Lipinski definition) is 4. The van der Waals surface area contributed by atoms with E-state index in [0.29, 0.717) is 13.1 Å². The first-order chi connectivity index (χ1) is 9.60. The van der Waals surface area contributed by atoms with Crippen LogP contribution in [0.4, 0.5) is 4.79 Å². The summed E-state index contributed by atoms with van der Waals surface area (Å²) in [5, 5.41) is 18.5. The van der Waals surface area contributed by atoms with Gasteiger partial charge in [-0.15, -0.1) is 0 Å². The van der Waals surface area contributed by atoms with Crippen molar-refractivity contribution in [3.05, 3.63) is 0 Å². The Morgan fingerprint density at radius 1 is 1.40 bits per heavy atom. The van der Waals surface area contributed by atoms with E-state index in [1.807, 2.05) is 6.92 Å². The second-order valence-electron chi connectivity index (χ2n) is 5.29. The van der Waals surface area contributed by atoms with Crippen molar-refractivity contribution in [2.75, 3.05) is 32.9 Å². The number of nitrogens with zero attached hydrogens (tertiary/aromatic N) is 2. The lowest BCUT2D eigenvalue weighted by Gasteiger charge is -2.35. The summed E-state index contributed by atoms with van der Waals surface area (Å²) in [6, 6.07) is -0.766. The number of likely N-dealkylation sites (N-methyl/N-ethyl adjacent to an activating group) is 1. The maximum Gasteiger partial charge on any atom is 0.320 e. The molecule has 114 valence electrons. The molecule has 3 unspecified atom stereocenters. The van der Waals surface area contributed by atoms with Crippen molar-refractivity contribution in [3.8, 4) is 0 Å². The summed E-state index contributed by atoms with van der Waals surface area (Å²) in [6.45, 7) is 3.24. The molecule has 2 heterocycles. The second-order valence-corrected chi connectivity index (χ2v) is 5.29. The number of hydrogen-bond donors (Lipinski definition) is 2. The molecule has 2 rings (SSSR count). The third kappa shape index (κ3) is 2.73. The van der Waals surface area contributed by atoms with Gasteiger partial charge in [0.15, 0.2) is 0 Å². The van der Waals surface area contributed by atoms with Crippen LogP contribution in [0.25, 0.3) is 0 Å². The summed E-state index contributed by atoms with van der Waals surface area (Å²) >= 11 is 0. The van der Waals surface area contributed by atoms with Crippen LogP contribution in [0.5, 0.6) is 0 Å². The molecule has 2 aliphatic heterocycles. The third-order valence-electron chi connectivity index (χ3n) is 4.19. The van der Waals surface area contributed by atoms with E-state index < -0.39 is 17.9 Å². The van der Waals surface area contributed by atoms with Gasteiger partial charge in [0.1, 0.15) is 5.92 Å². The quantitative estimate of drug-likeness (QED) is 0.758. The molecule has 0 saturated carbocycles. The van der Waals surface area contributed by atoms with Crippen LogP contribution in [0.15, 0.2) is 0 Å². The van der Waals surface area contributed by atoms with Crippen LogP contribution >= 0.6 is 0 Å². The van der Waals surface area contributed by atoms with Crippen LogP contribution in [0, 0.1) is 5.92 Å². The average Bonchev–Trinajstić information content (AvgIpc) is 3.07. The lowest BCUT2D eigenvalue weighted by Crippen LogP contribution is -2.53. The van der Waals surface area contributed by atoms with Crippen molar-refractivity contribution in [2.45, 2.75) is 31.8 Å². The molecule has 0 aromatic carbocycles. The predicted octanol–water partition coefficient (Wildman–Crippen LogP) is -0.0154. The first kappa shape index (κ1) is 15.1. The van der Waals surface area contributed by atoms with Gasteiger partial charge in [0.25, 0.3) is 0 Å². The first-order valence-corrected chi connectivity index (χ1v) is 7.08. The Hall–Kier alpha value is -1.34. The smallest absolute Gasteiger partial charge is 0.320 e. The fourth-order valence-corrected chi connectivity index (χ4v) is 3.04. The van der Waals surface area contributed by atoms with Crippen molar-refractivity contribution in [3.63, 3.8) is 0 Å². The van der Waals surface area contributed by atoms with E-state index in [0.717, 1.165) is 12.8 Å². The number of rotatable bonds is 4. The van der Waals surface area contributed by atoms with E-state index in [-0.39, 0.29) is 31.9 Å². The molecule has 0 radical (unpaired) electrons. The van der Waals surface area contributed by atoms with Gasteiger partial charge in [0.05, 0.1) is 31.9 Å². The number of carbonyl (C=O) groups excluding carboxylic acids is 1. The van der Waals surface area contributed by atoms with E-state index in [2.05, 4.69) is 0 Å². The highest BCUT2D eigenvalue weighted by Crippen LogP contribution is 2.24. The van der Waals surface area contributed by atoms with Gasteiger partial charge in [-0.05, 0) is 19.8 Å². The van der Waals surface area contributed by atoms with Crippen LogP contribution in [-0.4, -0.2) is 77.0 Å². The molecule has 0 aromatic rings. The number of aliphatic carboxylic acids is 1. The molecule has 2 aliphatic rings. The van der Waals surface area contributed by atoms with Gasteiger partial charge in [-0.3, -0.25) is 4.79 Å². The summed E-state index contributed by atoms with van der Waals surface area (Å²) in [6.07, 6.45) is 1.67. The number of amides is 2. The second kappa shape index (κ2) is 6.41. The van der Waals surface area contributed by atoms with Crippen molar-refractivity contribution in [1.29, 1.82) is 0 Å². The molecule has 2 saturated heterocycles. The Balaban J connectivity index is 2.11. The van der Waals surface area contributed by atoms with Crippen molar-refractivity contribution in [1.82, 2.24) is 9.80 Å². The molecular formula is C13H22N2O5. The maximum absolute atomic E-state index is 12.6. The van der Waals surface area contributed by atoms with E-state index in [1.54, 1.807) is 9.80 Å². The topological polar surface area (TPSA) is 90.3 Å². The summed E-state index contributed by atoms with van der Waals surface area (Å²) in [4.78, 5) is 27.0. The molecule has 0 aromatic heterocycles. The van der Waals surface area contributed by atoms with Crippen LogP contribution in [0.1, 0.15) is 19.8 Å².